The monoisotopic (exact) mass is 363 g/mol. The van der Waals surface area contributed by atoms with E-state index in [0.29, 0.717) is 0 Å². The number of hydrogen-bond donors (Lipinski definition) is 0. The van der Waals surface area contributed by atoms with Gasteiger partial charge in [0.25, 0.3) is 0 Å². The van der Waals surface area contributed by atoms with E-state index in [0.717, 1.165) is 23.9 Å². The molecule has 134 valence electrons. The van der Waals surface area contributed by atoms with Gasteiger partial charge < -0.3 is 4.42 Å². The van der Waals surface area contributed by atoms with Crippen LogP contribution in [0.5, 0.6) is 0 Å². The van der Waals surface area contributed by atoms with Crippen molar-refractivity contribution in [1.82, 2.24) is 4.98 Å². The van der Waals surface area contributed by atoms with Crippen LogP contribution in [0.1, 0.15) is 51.7 Å². The molecule has 26 heavy (non-hydrogen) atoms. The molecule has 0 saturated carbocycles. The van der Waals surface area contributed by atoms with Gasteiger partial charge in [-0.05, 0) is 58.2 Å². The molecule has 2 aromatic heterocycles. The van der Waals surface area contributed by atoms with Crippen LogP contribution in [0.3, 0.4) is 0 Å². The Morgan fingerprint density at radius 1 is 0.885 bits per heavy atom. The number of nitrogens with zero attached hydrogens (tertiary/aromatic N) is 1. The molecule has 0 radical (unpaired) electrons. The van der Waals surface area contributed by atoms with Gasteiger partial charge in [-0.1, -0.05) is 52.0 Å². The van der Waals surface area contributed by atoms with Gasteiger partial charge in [-0.3, -0.25) is 0 Å². The predicted octanol–water partition coefficient (Wildman–Crippen LogP) is 7.08. The molecule has 0 bridgehead atoms. The third-order valence-corrected chi connectivity index (χ3v) is 6.57. The van der Waals surface area contributed by atoms with E-state index in [9.17, 15) is 0 Å². The van der Waals surface area contributed by atoms with E-state index in [2.05, 4.69) is 74.5 Å². The molecule has 2 nitrogen and oxygen atoms in total. The van der Waals surface area contributed by atoms with Crippen LogP contribution in [-0.4, -0.2) is 4.98 Å². The van der Waals surface area contributed by atoms with E-state index in [1.807, 2.05) is 17.4 Å². The molecule has 0 amide bonds. The maximum atomic E-state index is 5.69. The van der Waals surface area contributed by atoms with Crippen molar-refractivity contribution >= 4 is 32.5 Å². The van der Waals surface area contributed by atoms with Crippen molar-refractivity contribution < 1.29 is 4.42 Å². The van der Waals surface area contributed by atoms with Crippen LogP contribution in [0.4, 0.5) is 0 Å². The fraction of sp³-hybridized carbons (Fsp3) is 0.348. The van der Waals surface area contributed by atoms with Crippen LogP contribution >= 0.6 is 11.3 Å². The van der Waals surface area contributed by atoms with Gasteiger partial charge in [0.05, 0.1) is 0 Å². The summed E-state index contributed by atoms with van der Waals surface area (Å²) in [7, 11) is 0. The molecule has 0 N–H and O–H groups in total. The second kappa shape index (κ2) is 6.24. The van der Waals surface area contributed by atoms with Crippen molar-refractivity contribution in [1.29, 1.82) is 0 Å². The quantitative estimate of drug-likeness (QED) is 0.379. The number of aromatic nitrogens is 1. The Morgan fingerprint density at radius 2 is 1.58 bits per heavy atom. The molecule has 0 aliphatic rings. The standard InChI is InChI=1S/C23H25NOS/c1-22(2,17-7-6-10-20-16(17)11-14-26-20)12-13-23(3,4)18-8-5-9-19-21(18)25-15-24-19/h5-11,14-15H,12-13H2,1-4H3. The third kappa shape index (κ3) is 2.95. The van der Waals surface area contributed by atoms with Gasteiger partial charge in [-0.25, -0.2) is 4.98 Å². The zero-order valence-electron chi connectivity index (χ0n) is 15.9. The largest absolute Gasteiger partial charge is 0.443 e. The van der Waals surface area contributed by atoms with E-state index in [1.165, 1.54) is 21.2 Å². The summed E-state index contributed by atoms with van der Waals surface area (Å²) < 4.78 is 7.07. The van der Waals surface area contributed by atoms with Crippen LogP contribution in [0.15, 0.2) is 58.7 Å². The maximum Gasteiger partial charge on any atom is 0.181 e. The average molecular weight is 364 g/mol. The molecule has 0 aliphatic heterocycles. The first kappa shape index (κ1) is 17.3. The van der Waals surface area contributed by atoms with Crippen LogP contribution in [0, 0.1) is 0 Å². The summed E-state index contributed by atoms with van der Waals surface area (Å²) in [4.78, 5) is 4.31. The molecule has 0 atom stereocenters. The smallest absolute Gasteiger partial charge is 0.181 e. The van der Waals surface area contributed by atoms with E-state index in [-0.39, 0.29) is 10.8 Å². The highest BCUT2D eigenvalue weighted by atomic mass is 32.1. The third-order valence-electron chi connectivity index (χ3n) is 5.69. The molecular formula is C23H25NOS. The molecule has 2 aromatic carbocycles. The summed E-state index contributed by atoms with van der Waals surface area (Å²) in [5.41, 5.74) is 4.71. The first-order chi connectivity index (χ1) is 12.4. The summed E-state index contributed by atoms with van der Waals surface area (Å²) >= 11 is 1.82. The first-order valence-corrected chi connectivity index (χ1v) is 10.1. The lowest BCUT2D eigenvalue weighted by Crippen LogP contribution is -2.24. The zero-order chi connectivity index (χ0) is 18.4. The van der Waals surface area contributed by atoms with Gasteiger partial charge in [-0.2, -0.15) is 0 Å². The van der Waals surface area contributed by atoms with Gasteiger partial charge >= 0.3 is 0 Å². The number of fused-ring (bicyclic) bond motifs is 2. The lowest BCUT2D eigenvalue weighted by Gasteiger charge is -2.32. The highest BCUT2D eigenvalue weighted by Gasteiger charge is 2.30. The van der Waals surface area contributed by atoms with Gasteiger partial charge in [0.1, 0.15) is 5.52 Å². The molecule has 0 unspecified atom stereocenters. The minimum atomic E-state index is 0.0266. The Labute approximate surface area is 158 Å². The van der Waals surface area contributed by atoms with Crippen molar-refractivity contribution in [3.63, 3.8) is 0 Å². The topological polar surface area (TPSA) is 26.0 Å². The predicted molar refractivity (Wildman–Crippen MR) is 111 cm³/mol. The van der Waals surface area contributed by atoms with Gasteiger partial charge in [0, 0.05) is 10.3 Å². The second-order valence-electron chi connectivity index (χ2n) is 8.41. The van der Waals surface area contributed by atoms with Crippen molar-refractivity contribution in [2.24, 2.45) is 0 Å². The summed E-state index contributed by atoms with van der Waals surface area (Å²) in [6, 6.07) is 15.2. The van der Waals surface area contributed by atoms with Crippen molar-refractivity contribution in [2.45, 2.75) is 51.4 Å². The molecule has 0 saturated heterocycles. The highest BCUT2D eigenvalue weighted by Crippen LogP contribution is 2.40. The number of hydrogen-bond acceptors (Lipinski definition) is 3. The van der Waals surface area contributed by atoms with E-state index < -0.39 is 0 Å². The van der Waals surface area contributed by atoms with Crippen molar-refractivity contribution in [2.75, 3.05) is 0 Å². The lowest BCUT2D eigenvalue weighted by molar-refractivity contribution is 0.375. The Kier molecular flexibility index (Phi) is 4.15. The van der Waals surface area contributed by atoms with E-state index >= 15 is 0 Å². The molecule has 0 spiro atoms. The second-order valence-corrected chi connectivity index (χ2v) is 9.36. The Hall–Kier alpha value is -2.13. The molecule has 3 heteroatoms. The van der Waals surface area contributed by atoms with Crippen LogP contribution < -0.4 is 0 Å². The summed E-state index contributed by atoms with van der Waals surface area (Å²) in [5, 5.41) is 3.59. The molecular weight excluding hydrogens is 338 g/mol. The number of rotatable bonds is 5. The molecule has 2 heterocycles. The van der Waals surface area contributed by atoms with Gasteiger partial charge in [0.2, 0.25) is 0 Å². The number of para-hydroxylation sites is 1. The number of benzene rings is 2. The van der Waals surface area contributed by atoms with Crippen LogP contribution in [0.2, 0.25) is 0 Å². The summed E-state index contributed by atoms with van der Waals surface area (Å²) in [6.45, 7) is 9.35. The summed E-state index contributed by atoms with van der Waals surface area (Å²) in [5.74, 6) is 0. The normalized spacial score (nSPS) is 12.9. The molecule has 4 rings (SSSR count). The van der Waals surface area contributed by atoms with E-state index in [1.54, 1.807) is 6.39 Å². The zero-order valence-corrected chi connectivity index (χ0v) is 16.7. The van der Waals surface area contributed by atoms with Gasteiger partial charge in [-0.15, -0.1) is 11.3 Å². The van der Waals surface area contributed by atoms with E-state index in [4.69, 9.17) is 4.42 Å². The Morgan fingerprint density at radius 3 is 2.38 bits per heavy atom. The molecule has 4 aromatic rings. The molecule has 0 fully saturated rings. The minimum absolute atomic E-state index is 0.0266. The minimum Gasteiger partial charge on any atom is -0.443 e. The summed E-state index contributed by atoms with van der Waals surface area (Å²) in [6.07, 6.45) is 3.74. The van der Waals surface area contributed by atoms with Crippen LogP contribution in [0.25, 0.3) is 21.2 Å². The van der Waals surface area contributed by atoms with Crippen LogP contribution in [-0.2, 0) is 10.8 Å². The number of oxazole rings is 1. The van der Waals surface area contributed by atoms with Crippen molar-refractivity contribution in [3.05, 3.63) is 65.4 Å². The van der Waals surface area contributed by atoms with Crippen molar-refractivity contribution in [3.8, 4) is 0 Å². The maximum absolute atomic E-state index is 5.69. The SMILES string of the molecule is CC(C)(CCC(C)(C)c1cccc2ncoc12)c1cccc2sccc12. The number of thiophene rings is 1. The fourth-order valence-corrected chi connectivity index (χ4v) is 4.71. The lowest BCUT2D eigenvalue weighted by atomic mass is 9.72. The first-order valence-electron chi connectivity index (χ1n) is 9.18. The Balaban J connectivity index is 1.63. The average Bonchev–Trinajstić information content (AvgIpc) is 3.28. The van der Waals surface area contributed by atoms with Gasteiger partial charge in [0.15, 0.2) is 12.0 Å². The Bertz CT molecular complexity index is 968. The molecule has 0 aliphatic carbocycles. The fourth-order valence-electron chi connectivity index (χ4n) is 3.90. The highest BCUT2D eigenvalue weighted by molar-refractivity contribution is 7.17.